The van der Waals surface area contributed by atoms with Crippen LogP contribution in [0.5, 0.6) is 0 Å². The van der Waals surface area contributed by atoms with E-state index in [0.717, 1.165) is 51.9 Å². The van der Waals surface area contributed by atoms with Gasteiger partial charge in [0.1, 0.15) is 0 Å². The minimum absolute atomic E-state index is 0. The number of halogens is 1. The van der Waals surface area contributed by atoms with E-state index in [1.165, 1.54) is 11.1 Å². The second-order valence-electron chi connectivity index (χ2n) is 7.75. The Morgan fingerprint density at radius 3 is 2.48 bits per heavy atom. The van der Waals surface area contributed by atoms with Crippen LogP contribution in [0, 0.1) is 0 Å². The summed E-state index contributed by atoms with van der Waals surface area (Å²) in [7, 11) is 6.00. The topological polar surface area (TPSA) is 52.1 Å². The zero-order chi connectivity index (χ0) is 19.0. The van der Waals surface area contributed by atoms with Crippen molar-refractivity contribution in [1.29, 1.82) is 0 Å². The molecule has 0 saturated carbocycles. The van der Waals surface area contributed by atoms with E-state index in [9.17, 15) is 0 Å². The summed E-state index contributed by atoms with van der Waals surface area (Å²) in [6, 6.07) is 8.68. The van der Waals surface area contributed by atoms with Gasteiger partial charge in [0.25, 0.3) is 0 Å². The smallest absolute Gasteiger partial charge is 0.191 e. The molecule has 27 heavy (non-hydrogen) atoms. The summed E-state index contributed by atoms with van der Waals surface area (Å²) in [5.41, 5.74) is 2.65. The summed E-state index contributed by atoms with van der Waals surface area (Å²) in [5, 5.41) is 6.90. The number of guanidine groups is 1. The second kappa shape index (κ2) is 11.8. The standard InChI is InChI=1S/C20H35N5O.HI/c1-20(2,25-9-11-26-12-10-25)16-23-19(21-3)22-14-17-7-6-8-18(13-17)15-24(4)5;/h6-8,13H,9-12,14-16H2,1-5H3,(H2,21,22,23);1H. The molecular weight excluding hydrogens is 453 g/mol. The van der Waals surface area contributed by atoms with Crippen LogP contribution in [0.2, 0.25) is 0 Å². The van der Waals surface area contributed by atoms with Gasteiger partial charge in [-0.2, -0.15) is 0 Å². The van der Waals surface area contributed by atoms with Gasteiger partial charge < -0.3 is 20.3 Å². The highest BCUT2D eigenvalue weighted by molar-refractivity contribution is 14.0. The lowest BCUT2D eigenvalue weighted by molar-refractivity contribution is -0.00834. The van der Waals surface area contributed by atoms with E-state index < -0.39 is 0 Å². The molecule has 154 valence electrons. The molecule has 1 fully saturated rings. The quantitative estimate of drug-likeness (QED) is 0.349. The summed E-state index contributed by atoms with van der Waals surface area (Å²) in [6.45, 7) is 10.7. The van der Waals surface area contributed by atoms with Gasteiger partial charge in [-0.25, -0.2) is 0 Å². The van der Waals surface area contributed by atoms with E-state index >= 15 is 0 Å². The Morgan fingerprint density at radius 1 is 1.19 bits per heavy atom. The summed E-state index contributed by atoms with van der Waals surface area (Å²) in [6.07, 6.45) is 0. The molecule has 1 aromatic rings. The number of hydrogen-bond donors (Lipinski definition) is 2. The van der Waals surface area contributed by atoms with Gasteiger partial charge in [-0.05, 0) is 39.1 Å². The normalized spacial score (nSPS) is 16.1. The van der Waals surface area contributed by atoms with Crippen LogP contribution in [0.25, 0.3) is 0 Å². The third kappa shape index (κ3) is 8.33. The lowest BCUT2D eigenvalue weighted by atomic mass is 10.0. The van der Waals surface area contributed by atoms with E-state index in [1.807, 2.05) is 7.05 Å². The summed E-state index contributed by atoms with van der Waals surface area (Å²) in [4.78, 5) is 9.02. The van der Waals surface area contributed by atoms with E-state index in [4.69, 9.17) is 4.74 Å². The predicted molar refractivity (Wildman–Crippen MR) is 124 cm³/mol. The first-order valence-corrected chi connectivity index (χ1v) is 9.40. The first-order valence-electron chi connectivity index (χ1n) is 9.40. The number of benzene rings is 1. The number of rotatable bonds is 7. The molecule has 0 aliphatic carbocycles. The highest BCUT2D eigenvalue weighted by atomic mass is 127. The first kappa shape index (κ1) is 24.1. The molecule has 1 aromatic carbocycles. The molecule has 7 heteroatoms. The van der Waals surface area contributed by atoms with Gasteiger partial charge in [0, 0.05) is 45.3 Å². The lowest BCUT2D eigenvalue weighted by Gasteiger charge is -2.41. The van der Waals surface area contributed by atoms with Crippen molar-refractivity contribution in [3.8, 4) is 0 Å². The van der Waals surface area contributed by atoms with E-state index in [0.29, 0.717) is 0 Å². The maximum atomic E-state index is 5.46. The van der Waals surface area contributed by atoms with Crippen LogP contribution in [0.15, 0.2) is 29.3 Å². The zero-order valence-corrected chi connectivity index (χ0v) is 19.7. The van der Waals surface area contributed by atoms with Gasteiger partial charge in [0.05, 0.1) is 13.2 Å². The summed E-state index contributed by atoms with van der Waals surface area (Å²) in [5.74, 6) is 0.837. The molecule has 0 bridgehead atoms. The summed E-state index contributed by atoms with van der Waals surface area (Å²) < 4.78 is 5.46. The molecular formula is C20H36IN5O. The molecule has 1 heterocycles. The van der Waals surface area contributed by atoms with Crippen LogP contribution >= 0.6 is 24.0 Å². The van der Waals surface area contributed by atoms with Crippen molar-refractivity contribution >= 4 is 29.9 Å². The fourth-order valence-electron chi connectivity index (χ4n) is 3.19. The number of morpholine rings is 1. The molecule has 1 saturated heterocycles. The first-order chi connectivity index (χ1) is 12.4. The molecule has 0 unspecified atom stereocenters. The molecule has 0 aromatic heterocycles. The number of aliphatic imine (C=N–C) groups is 1. The molecule has 0 radical (unpaired) electrons. The maximum absolute atomic E-state index is 5.46. The van der Waals surface area contributed by atoms with Crippen LogP contribution in [0.1, 0.15) is 25.0 Å². The Morgan fingerprint density at radius 2 is 1.85 bits per heavy atom. The average Bonchev–Trinajstić information content (AvgIpc) is 2.62. The monoisotopic (exact) mass is 489 g/mol. The van der Waals surface area contributed by atoms with E-state index in [-0.39, 0.29) is 29.5 Å². The van der Waals surface area contributed by atoms with Crippen molar-refractivity contribution < 1.29 is 4.74 Å². The highest BCUT2D eigenvalue weighted by Gasteiger charge is 2.28. The number of nitrogens with zero attached hydrogens (tertiary/aromatic N) is 3. The lowest BCUT2D eigenvalue weighted by Crippen LogP contribution is -2.56. The Balaban J connectivity index is 0.00000364. The van der Waals surface area contributed by atoms with Gasteiger partial charge in [-0.1, -0.05) is 24.3 Å². The Labute approximate surface area is 181 Å². The number of nitrogens with one attached hydrogen (secondary N) is 2. The van der Waals surface area contributed by atoms with Gasteiger partial charge in [-0.3, -0.25) is 9.89 Å². The second-order valence-corrected chi connectivity index (χ2v) is 7.75. The average molecular weight is 489 g/mol. The molecule has 2 rings (SSSR count). The van der Waals surface area contributed by atoms with E-state index in [2.05, 4.69) is 77.6 Å². The summed E-state index contributed by atoms with van der Waals surface area (Å²) >= 11 is 0. The highest BCUT2D eigenvalue weighted by Crippen LogP contribution is 2.15. The van der Waals surface area contributed by atoms with Crippen molar-refractivity contribution in [1.82, 2.24) is 20.4 Å². The molecule has 0 atom stereocenters. The molecule has 1 aliphatic heterocycles. The van der Waals surface area contributed by atoms with Gasteiger partial charge in [-0.15, -0.1) is 24.0 Å². The van der Waals surface area contributed by atoms with Crippen molar-refractivity contribution in [3.05, 3.63) is 35.4 Å². The van der Waals surface area contributed by atoms with Crippen molar-refractivity contribution in [2.45, 2.75) is 32.5 Å². The SMILES string of the molecule is CN=C(NCc1cccc(CN(C)C)c1)NCC(C)(C)N1CCOCC1.I. The molecule has 0 amide bonds. The van der Waals surface area contributed by atoms with E-state index in [1.54, 1.807) is 0 Å². The van der Waals surface area contributed by atoms with Gasteiger partial charge in [0.15, 0.2) is 5.96 Å². The molecule has 2 N–H and O–H groups in total. The maximum Gasteiger partial charge on any atom is 0.191 e. The van der Waals surface area contributed by atoms with Crippen molar-refractivity contribution in [3.63, 3.8) is 0 Å². The van der Waals surface area contributed by atoms with Gasteiger partial charge >= 0.3 is 0 Å². The molecule has 6 nitrogen and oxygen atoms in total. The Kier molecular flexibility index (Phi) is 10.6. The third-order valence-corrected chi connectivity index (χ3v) is 4.73. The molecule has 1 aliphatic rings. The number of ether oxygens (including phenoxy) is 1. The Bertz CT molecular complexity index is 585. The largest absolute Gasteiger partial charge is 0.379 e. The van der Waals surface area contributed by atoms with Crippen LogP contribution in [-0.4, -0.2) is 75.3 Å². The minimum atomic E-state index is 0. The number of hydrogen-bond acceptors (Lipinski definition) is 4. The molecule has 0 spiro atoms. The third-order valence-electron chi connectivity index (χ3n) is 4.73. The fraction of sp³-hybridized carbons (Fsp3) is 0.650. The fourth-order valence-corrected chi connectivity index (χ4v) is 3.19. The van der Waals surface area contributed by atoms with Crippen LogP contribution in [-0.2, 0) is 17.8 Å². The van der Waals surface area contributed by atoms with Crippen LogP contribution in [0.3, 0.4) is 0 Å². The Hall–Kier alpha value is -0.900. The van der Waals surface area contributed by atoms with Gasteiger partial charge in [0.2, 0.25) is 0 Å². The minimum Gasteiger partial charge on any atom is -0.379 e. The zero-order valence-electron chi connectivity index (χ0n) is 17.4. The van der Waals surface area contributed by atoms with Crippen LogP contribution < -0.4 is 10.6 Å². The van der Waals surface area contributed by atoms with Crippen molar-refractivity contribution in [2.75, 3.05) is 54.0 Å². The van der Waals surface area contributed by atoms with Crippen LogP contribution in [0.4, 0.5) is 0 Å². The van der Waals surface area contributed by atoms with Crippen molar-refractivity contribution in [2.24, 2.45) is 4.99 Å². The predicted octanol–water partition coefficient (Wildman–Crippen LogP) is 2.14.